The molecule has 4 N–H and O–H groups in total. The van der Waals surface area contributed by atoms with Crippen LogP contribution < -0.4 is 17.0 Å². The molecule has 0 unspecified atom stereocenters. The predicted octanol–water partition coefficient (Wildman–Crippen LogP) is -0.620. The van der Waals surface area contributed by atoms with Crippen molar-refractivity contribution in [2.24, 2.45) is 5.84 Å². The minimum Gasteiger partial charge on any atom is -0.390 e. The Morgan fingerprint density at radius 2 is 2.55 bits per heavy atom. The van der Waals surface area contributed by atoms with Crippen LogP contribution in [0.2, 0.25) is 0 Å². The molecule has 110 valence electrons. The van der Waals surface area contributed by atoms with E-state index in [2.05, 4.69) is 17.0 Å². The van der Waals surface area contributed by atoms with Gasteiger partial charge < -0.3 is 20.0 Å². The first-order valence-corrected chi connectivity index (χ1v) is 6.23. The van der Waals surface area contributed by atoms with Gasteiger partial charge in [-0.05, 0) is 6.07 Å². The molecule has 8 nitrogen and oxygen atoms in total. The van der Waals surface area contributed by atoms with Crippen LogP contribution in [0.25, 0.3) is 0 Å². The fourth-order valence-electron chi connectivity index (χ4n) is 2.02. The first-order valence-electron chi connectivity index (χ1n) is 6.23. The quantitative estimate of drug-likeness (QED) is 0.276. The molecule has 1 aliphatic heterocycles. The first kappa shape index (κ1) is 14.7. The number of anilines is 1. The Morgan fingerprint density at radius 3 is 3.20 bits per heavy atom. The highest BCUT2D eigenvalue weighted by atomic mass is 16.6. The Hall–Kier alpha value is -1.74. The molecule has 0 spiro atoms. The van der Waals surface area contributed by atoms with Crippen LogP contribution in [0.15, 0.2) is 29.7 Å². The van der Waals surface area contributed by atoms with Gasteiger partial charge in [0.1, 0.15) is 18.1 Å². The number of ether oxygens (including phenoxy) is 2. The third kappa shape index (κ3) is 3.23. The maximum atomic E-state index is 11.8. The van der Waals surface area contributed by atoms with Crippen LogP contribution in [0.4, 0.5) is 5.82 Å². The average molecular weight is 282 g/mol. The zero-order chi connectivity index (χ0) is 14.5. The molecule has 0 aromatic carbocycles. The minimum atomic E-state index is -0.691. The van der Waals surface area contributed by atoms with E-state index in [9.17, 15) is 9.90 Å². The number of nitrogens with zero attached hydrogens (tertiary/aromatic N) is 2. The summed E-state index contributed by atoms with van der Waals surface area (Å²) in [7, 11) is 0. The molecule has 0 aliphatic carbocycles. The molecule has 1 saturated heterocycles. The van der Waals surface area contributed by atoms with Crippen LogP contribution in [0.1, 0.15) is 12.6 Å². The largest absolute Gasteiger partial charge is 0.390 e. The summed E-state index contributed by atoms with van der Waals surface area (Å²) in [6.07, 6.45) is 1.72. The van der Waals surface area contributed by atoms with Crippen LogP contribution in [0.3, 0.4) is 0 Å². The van der Waals surface area contributed by atoms with Crippen molar-refractivity contribution in [1.29, 1.82) is 0 Å². The van der Waals surface area contributed by atoms with Crippen LogP contribution >= 0.6 is 0 Å². The van der Waals surface area contributed by atoms with Crippen molar-refractivity contribution in [3.05, 3.63) is 35.4 Å². The molecule has 1 aromatic rings. The summed E-state index contributed by atoms with van der Waals surface area (Å²) < 4.78 is 12.2. The number of hydrazine groups is 1. The standard InChI is InChI=1S/C12H18N4O4/c1-2-5-19-7-9-8(17)6-11(20-9)16-4-3-10(15-13)14-12(16)18/h2-4,8-9,11,17H,1,5-7,13H2,(H,14,15,18)/t8-,9+,11+/m0/s1. The molecule has 0 amide bonds. The lowest BCUT2D eigenvalue weighted by Crippen LogP contribution is -2.29. The van der Waals surface area contributed by atoms with E-state index >= 15 is 0 Å². The monoisotopic (exact) mass is 282 g/mol. The molecule has 0 saturated carbocycles. The molecular formula is C12H18N4O4. The van der Waals surface area contributed by atoms with Gasteiger partial charge in [-0.15, -0.1) is 6.58 Å². The molecule has 0 bridgehead atoms. The highest BCUT2D eigenvalue weighted by Gasteiger charge is 2.35. The van der Waals surface area contributed by atoms with E-state index in [-0.39, 0.29) is 12.4 Å². The number of hydrogen-bond acceptors (Lipinski definition) is 7. The van der Waals surface area contributed by atoms with Gasteiger partial charge in [0, 0.05) is 12.6 Å². The summed E-state index contributed by atoms with van der Waals surface area (Å²) in [6, 6.07) is 1.55. The molecule has 8 heteroatoms. The second-order valence-corrected chi connectivity index (χ2v) is 4.41. The highest BCUT2D eigenvalue weighted by molar-refractivity contribution is 5.29. The van der Waals surface area contributed by atoms with Crippen molar-refractivity contribution in [2.75, 3.05) is 18.6 Å². The third-order valence-electron chi connectivity index (χ3n) is 3.01. The van der Waals surface area contributed by atoms with Crippen LogP contribution in [-0.4, -0.2) is 40.1 Å². The smallest absolute Gasteiger partial charge is 0.351 e. The van der Waals surface area contributed by atoms with E-state index in [1.807, 2.05) is 0 Å². The highest BCUT2D eigenvalue weighted by Crippen LogP contribution is 2.27. The van der Waals surface area contributed by atoms with Crippen molar-refractivity contribution in [3.63, 3.8) is 0 Å². The summed E-state index contributed by atoms with van der Waals surface area (Å²) in [5.74, 6) is 5.45. The van der Waals surface area contributed by atoms with Crippen LogP contribution in [-0.2, 0) is 9.47 Å². The van der Waals surface area contributed by atoms with Gasteiger partial charge in [-0.25, -0.2) is 10.6 Å². The normalized spacial score (nSPS) is 25.6. The van der Waals surface area contributed by atoms with Gasteiger partial charge in [-0.2, -0.15) is 4.98 Å². The second kappa shape index (κ2) is 6.62. The van der Waals surface area contributed by atoms with Crippen molar-refractivity contribution < 1.29 is 14.6 Å². The van der Waals surface area contributed by atoms with E-state index < -0.39 is 24.1 Å². The number of hydrogen-bond donors (Lipinski definition) is 3. The van der Waals surface area contributed by atoms with Gasteiger partial charge in [-0.3, -0.25) is 4.57 Å². The summed E-state index contributed by atoms with van der Waals surface area (Å²) in [4.78, 5) is 15.5. The predicted molar refractivity (Wildman–Crippen MR) is 71.9 cm³/mol. The number of aliphatic hydroxyl groups is 1. The maximum absolute atomic E-state index is 11.8. The van der Waals surface area contributed by atoms with Crippen molar-refractivity contribution in [2.45, 2.75) is 24.9 Å². The lowest BCUT2D eigenvalue weighted by atomic mass is 10.2. The second-order valence-electron chi connectivity index (χ2n) is 4.41. The van der Waals surface area contributed by atoms with Crippen molar-refractivity contribution in [3.8, 4) is 0 Å². The van der Waals surface area contributed by atoms with Gasteiger partial charge in [-0.1, -0.05) is 6.08 Å². The zero-order valence-electron chi connectivity index (χ0n) is 10.9. The van der Waals surface area contributed by atoms with E-state index in [0.29, 0.717) is 13.0 Å². The number of aliphatic hydroxyl groups excluding tert-OH is 1. The fourth-order valence-corrected chi connectivity index (χ4v) is 2.02. The molecule has 1 aliphatic rings. The maximum Gasteiger partial charge on any atom is 0.351 e. The van der Waals surface area contributed by atoms with Crippen LogP contribution in [0, 0.1) is 0 Å². The molecule has 1 aromatic heterocycles. The topological polar surface area (TPSA) is 112 Å². The molecule has 3 atom stereocenters. The van der Waals surface area contributed by atoms with Crippen molar-refractivity contribution in [1.82, 2.24) is 9.55 Å². The minimum absolute atomic E-state index is 0.244. The van der Waals surface area contributed by atoms with E-state index in [1.54, 1.807) is 12.1 Å². The summed E-state index contributed by atoms with van der Waals surface area (Å²) in [5.41, 5.74) is 1.80. The Labute approximate surface area is 115 Å². The SMILES string of the molecule is C=CCOC[C@H]1O[C@@H](n2ccc(NN)nc2=O)C[C@@H]1O. The Kier molecular flexibility index (Phi) is 4.85. The van der Waals surface area contributed by atoms with Crippen molar-refractivity contribution >= 4 is 5.82 Å². The van der Waals surface area contributed by atoms with E-state index in [1.165, 1.54) is 10.8 Å². The molecule has 2 rings (SSSR count). The lowest BCUT2D eigenvalue weighted by Gasteiger charge is -2.15. The number of aromatic nitrogens is 2. The molecule has 1 fully saturated rings. The van der Waals surface area contributed by atoms with Crippen LogP contribution in [0.5, 0.6) is 0 Å². The Balaban J connectivity index is 2.04. The van der Waals surface area contributed by atoms with Gasteiger partial charge in [0.2, 0.25) is 0 Å². The summed E-state index contributed by atoms with van der Waals surface area (Å²) in [6.45, 7) is 4.17. The number of nitrogens with one attached hydrogen (secondary N) is 1. The summed E-state index contributed by atoms with van der Waals surface area (Å²) >= 11 is 0. The van der Waals surface area contributed by atoms with E-state index in [0.717, 1.165) is 0 Å². The lowest BCUT2D eigenvalue weighted by molar-refractivity contribution is -0.0595. The number of nitrogens with two attached hydrogens (primary N) is 1. The number of nitrogen functional groups attached to an aromatic ring is 1. The molecular weight excluding hydrogens is 264 g/mol. The van der Waals surface area contributed by atoms with Gasteiger partial charge in [0.05, 0.1) is 19.3 Å². The van der Waals surface area contributed by atoms with Gasteiger partial charge >= 0.3 is 5.69 Å². The first-order chi connectivity index (χ1) is 9.65. The number of rotatable bonds is 6. The Bertz CT molecular complexity index is 518. The molecule has 2 heterocycles. The zero-order valence-corrected chi connectivity index (χ0v) is 10.9. The Morgan fingerprint density at radius 1 is 1.75 bits per heavy atom. The average Bonchev–Trinajstić information content (AvgIpc) is 2.80. The van der Waals surface area contributed by atoms with E-state index in [4.69, 9.17) is 15.3 Å². The van der Waals surface area contributed by atoms with Gasteiger partial charge in [0.15, 0.2) is 0 Å². The summed E-state index contributed by atoms with van der Waals surface area (Å²) in [5, 5.41) is 9.91. The fraction of sp³-hybridized carbons (Fsp3) is 0.500. The van der Waals surface area contributed by atoms with Gasteiger partial charge in [0.25, 0.3) is 0 Å². The molecule has 20 heavy (non-hydrogen) atoms. The molecule has 0 radical (unpaired) electrons. The third-order valence-corrected chi connectivity index (χ3v) is 3.01.